The summed E-state index contributed by atoms with van der Waals surface area (Å²) in [5.74, 6) is -1.19. The van der Waals surface area contributed by atoms with Gasteiger partial charge in [0.15, 0.2) is 0 Å². The third-order valence-electron chi connectivity index (χ3n) is 3.93. The van der Waals surface area contributed by atoms with Gasteiger partial charge in [0.1, 0.15) is 0 Å². The molecule has 0 radical (unpaired) electrons. The van der Waals surface area contributed by atoms with Gasteiger partial charge in [-0.25, -0.2) is 12.7 Å². The lowest BCUT2D eigenvalue weighted by Gasteiger charge is -2.23. The van der Waals surface area contributed by atoms with E-state index in [-0.39, 0.29) is 23.3 Å². The Morgan fingerprint density at radius 1 is 1.26 bits per heavy atom. The van der Waals surface area contributed by atoms with Gasteiger partial charge in [0, 0.05) is 32.2 Å². The van der Waals surface area contributed by atoms with Crippen LogP contribution in [-0.4, -0.2) is 61.3 Å². The van der Waals surface area contributed by atoms with E-state index in [1.807, 2.05) is 0 Å². The zero-order valence-corrected chi connectivity index (χ0v) is 13.9. The Morgan fingerprint density at radius 2 is 1.87 bits per heavy atom. The molecule has 1 fully saturated rings. The SMILES string of the molecule is CN(C)S(=O)(=O)c1ccc(C(=O)N2CCCC2CC(=O)O)cc1. The van der Waals surface area contributed by atoms with Gasteiger partial charge in [-0.3, -0.25) is 9.59 Å². The van der Waals surface area contributed by atoms with Gasteiger partial charge in [-0.15, -0.1) is 0 Å². The van der Waals surface area contributed by atoms with Crippen LogP contribution in [0.5, 0.6) is 0 Å². The van der Waals surface area contributed by atoms with Gasteiger partial charge >= 0.3 is 5.97 Å². The molecule has 1 aliphatic rings. The van der Waals surface area contributed by atoms with Crippen LogP contribution in [0.25, 0.3) is 0 Å². The third-order valence-corrected chi connectivity index (χ3v) is 5.76. The number of carbonyl (C=O) groups excluding carboxylic acids is 1. The minimum atomic E-state index is -3.53. The average Bonchev–Trinajstić information content (AvgIpc) is 2.93. The summed E-state index contributed by atoms with van der Waals surface area (Å²) in [6.07, 6.45) is 1.38. The topological polar surface area (TPSA) is 95.0 Å². The summed E-state index contributed by atoms with van der Waals surface area (Å²) in [5.41, 5.74) is 0.361. The van der Waals surface area contributed by atoms with Crippen LogP contribution in [0.15, 0.2) is 29.2 Å². The van der Waals surface area contributed by atoms with Gasteiger partial charge in [0.25, 0.3) is 5.91 Å². The predicted octanol–water partition coefficient (Wildman–Crippen LogP) is 1.02. The van der Waals surface area contributed by atoms with E-state index in [2.05, 4.69) is 0 Å². The Kier molecular flexibility index (Phi) is 5.06. The van der Waals surface area contributed by atoms with Gasteiger partial charge in [-0.1, -0.05) is 0 Å². The Balaban J connectivity index is 2.19. The number of hydrogen-bond acceptors (Lipinski definition) is 4. The second-order valence-corrected chi connectivity index (χ2v) is 7.86. The van der Waals surface area contributed by atoms with Crippen LogP contribution in [0.4, 0.5) is 0 Å². The molecule has 1 aliphatic heterocycles. The molecule has 0 spiro atoms. The Hall–Kier alpha value is -1.93. The number of likely N-dealkylation sites (tertiary alicyclic amines) is 1. The molecule has 7 nitrogen and oxygen atoms in total. The van der Waals surface area contributed by atoms with Crippen LogP contribution in [0.3, 0.4) is 0 Å². The van der Waals surface area contributed by atoms with Crippen molar-refractivity contribution in [3.8, 4) is 0 Å². The molecule has 1 unspecified atom stereocenters. The van der Waals surface area contributed by atoms with Crippen molar-refractivity contribution in [2.75, 3.05) is 20.6 Å². The van der Waals surface area contributed by atoms with Crippen LogP contribution >= 0.6 is 0 Å². The maximum atomic E-state index is 12.5. The quantitative estimate of drug-likeness (QED) is 0.863. The number of carboxylic acid groups (broad SMARTS) is 1. The van der Waals surface area contributed by atoms with Crippen molar-refractivity contribution in [1.29, 1.82) is 0 Å². The molecule has 1 saturated heterocycles. The predicted molar refractivity (Wildman–Crippen MR) is 83.6 cm³/mol. The molecule has 0 bridgehead atoms. The number of carbonyl (C=O) groups is 2. The molecule has 1 N–H and O–H groups in total. The number of nitrogens with zero attached hydrogens (tertiary/aromatic N) is 2. The monoisotopic (exact) mass is 340 g/mol. The zero-order chi connectivity index (χ0) is 17.2. The van der Waals surface area contributed by atoms with Crippen molar-refractivity contribution in [2.24, 2.45) is 0 Å². The molecule has 1 heterocycles. The molecule has 8 heteroatoms. The minimum Gasteiger partial charge on any atom is -0.481 e. The van der Waals surface area contributed by atoms with Crippen LogP contribution in [0.2, 0.25) is 0 Å². The van der Waals surface area contributed by atoms with Gasteiger partial charge < -0.3 is 10.0 Å². The fraction of sp³-hybridized carbons (Fsp3) is 0.467. The summed E-state index contributed by atoms with van der Waals surface area (Å²) in [6.45, 7) is 0.522. The van der Waals surface area contributed by atoms with Crippen molar-refractivity contribution in [3.05, 3.63) is 29.8 Å². The van der Waals surface area contributed by atoms with E-state index < -0.39 is 16.0 Å². The van der Waals surface area contributed by atoms with Crippen molar-refractivity contribution >= 4 is 21.9 Å². The Labute approximate surface area is 135 Å². The first-order valence-corrected chi connectivity index (χ1v) is 8.73. The summed E-state index contributed by atoms with van der Waals surface area (Å²) in [5, 5.41) is 8.91. The highest BCUT2D eigenvalue weighted by molar-refractivity contribution is 7.89. The maximum absolute atomic E-state index is 12.5. The summed E-state index contributed by atoms with van der Waals surface area (Å²) in [7, 11) is -0.655. The molecule has 1 amide bonds. The molecular formula is C15H20N2O5S. The van der Waals surface area contributed by atoms with E-state index in [0.717, 1.165) is 10.7 Å². The second-order valence-electron chi connectivity index (χ2n) is 5.70. The summed E-state index contributed by atoms with van der Waals surface area (Å²) < 4.78 is 25.1. The molecule has 0 saturated carbocycles. The highest BCUT2D eigenvalue weighted by Gasteiger charge is 2.31. The molecule has 23 heavy (non-hydrogen) atoms. The van der Waals surface area contributed by atoms with Crippen molar-refractivity contribution in [2.45, 2.75) is 30.2 Å². The van der Waals surface area contributed by atoms with Crippen LogP contribution in [0, 0.1) is 0 Å². The van der Waals surface area contributed by atoms with Gasteiger partial charge in [0.05, 0.1) is 11.3 Å². The summed E-state index contributed by atoms with van der Waals surface area (Å²) >= 11 is 0. The van der Waals surface area contributed by atoms with Gasteiger partial charge in [0.2, 0.25) is 10.0 Å². The fourth-order valence-corrected chi connectivity index (χ4v) is 3.56. The van der Waals surface area contributed by atoms with E-state index in [1.165, 1.54) is 38.4 Å². The van der Waals surface area contributed by atoms with E-state index in [0.29, 0.717) is 18.5 Å². The van der Waals surface area contributed by atoms with Gasteiger partial charge in [-0.2, -0.15) is 0 Å². The molecular weight excluding hydrogens is 320 g/mol. The molecule has 1 atom stereocenters. The zero-order valence-electron chi connectivity index (χ0n) is 13.1. The fourth-order valence-electron chi connectivity index (χ4n) is 2.66. The molecule has 2 rings (SSSR count). The van der Waals surface area contributed by atoms with E-state index in [9.17, 15) is 18.0 Å². The number of rotatable bonds is 5. The van der Waals surface area contributed by atoms with E-state index >= 15 is 0 Å². The standard InChI is InChI=1S/C15H20N2O5S/c1-16(2)23(21,22)13-7-5-11(6-8-13)15(20)17-9-3-4-12(17)10-14(18)19/h5-8,12H,3-4,9-10H2,1-2H3,(H,18,19). The number of aliphatic carboxylic acids is 1. The minimum absolute atomic E-state index is 0.0706. The summed E-state index contributed by atoms with van der Waals surface area (Å²) in [6, 6.07) is 5.42. The first-order valence-electron chi connectivity index (χ1n) is 7.29. The molecule has 1 aromatic carbocycles. The molecule has 126 valence electrons. The maximum Gasteiger partial charge on any atom is 0.305 e. The first kappa shape index (κ1) is 17.4. The number of carboxylic acids is 1. The van der Waals surface area contributed by atoms with Crippen molar-refractivity contribution < 1.29 is 23.1 Å². The number of hydrogen-bond donors (Lipinski definition) is 1. The number of benzene rings is 1. The molecule has 0 aliphatic carbocycles. The Morgan fingerprint density at radius 3 is 2.39 bits per heavy atom. The smallest absolute Gasteiger partial charge is 0.305 e. The lowest BCUT2D eigenvalue weighted by atomic mass is 10.1. The largest absolute Gasteiger partial charge is 0.481 e. The highest BCUT2D eigenvalue weighted by Crippen LogP contribution is 2.23. The number of amides is 1. The van der Waals surface area contributed by atoms with Crippen molar-refractivity contribution in [3.63, 3.8) is 0 Å². The van der Waals surface area contributed by atoms with E-state index in [4.69, 9.17) is 5.11 Å². The van der Waals surface area contributed by atoms with Crippen LogP contribution in [-0.2, 0) is 14.8 Å². The van der Waals surface area contributed by atoms with Crippen LogP contribution < -0.4 is 0 Å². The van der Waals surface area contributed by atoms with E-state index in [1.54, 1.807) is 4.90 Å². The Bertz CT molecular complexity index is 697. The average molecular weight is 340 g/mol. The summed E-state index contributed by atoms with van der Waals surface area (Å²) in [4.78, 5) is 25.0. The normalized spacial score (nSPS) is 18.4. The first-order chi connectivity index (χ1) is 10.7. The highest BCUT2D eigenvalue weighted by atomic mass is 32.2. The molecule has 0 aromatic heterocycles. The lowest BCUT2D eigenvalue weighted by Crippen LogP contribution is -2.36. The lowest BCUT2D eigenvalue weighted by molar-refractivity contribution is -0.137. The van der Waals surface area contributed by atoms with Crippen molar-refractivity contribution in [1.82, 2.24) is 9.21 Å². The molecule has 1 aromatic rings. The second kappa shape index (κ2) is 6.67. The third kappa shape index (κ3) is 3.70. The number of sulfonamides is 1. The van der Waals surface area contributed by atoms with Gasteiger partial charge in [-0.05, 0) is 37.1 Å². The van der Waals surface area contributed by atoms with Crippen LogP contribution in [0.1, 0.15) is 29.6 Å².